The molecule has 0 saturated heterocycles. The maximum Gasteiger partial charge on any atom is 0.236 e. The molecular weight excluding hydrogens is 164 g/mol. The van der Waals surface area contributed by atoms with Crippen LogP contribution in [-0.2, 0) is 4.79 Å². The van der Waals surface area contributed by atoms with E-state index in [0.717, 1.165) is 19.4 Å². The molecule has 0 fully saturated rings. The average molecular weight is 186 g/mol. The van der Waals surface area contributed by atoms with Gasteiger partial charge in [-0.3, -0.25) is 4.79 Å². The third kappa shape index (κ3) is 5.64. The van der Waals surface area contributed by atoms with Crippen LogP contribution in [-0.4, -0.2) is 37.0 Å². The summed E-state index contributed by atoms with van der Waals surface area (Å²) in [4.78, 5) is 13.2. The number of likely N-dealkylation sites (N-methyl/N-ethyl adjacent to an activating group) is 1. The fourth-order valence-corrected chi connectivity index (χ4v) is 1.00. The minimum absolute atomic E-state index is 0.183. The van der Waals surface area contributed by atoms with Gasteiger partial charge >= 0.3 is 0 Å². The number of carbonyl (C=O) groups excluding carboxylic acids is 1. The van der Waals surface area contributed by atoms with Gasteiger partial charge in [-0.05, 0) is 19.8 Å². The molecule has 78 valence electrons. The van der Waals surface area contributed by atoms with Gasteiger partial charge in [0, 0.05) is 19.6 Å². The van der Waals surface area contributed by atoms with Crippen LogP contribution in [0.3, 0.4) is 0 Å². The van der Waals surface area contributed by atoms with Gasteiger partial charge in [-0.25, -0.2) is 0 Å². The molecule has 0 bridgehead atoms. The fourth-order valence-electron chi connectivity index (χ4n) is 1.00. The molecule has 0 aromatic heterocycles. The summed E-state index contributed by atoms with van der Waals surface area (Å²) in [5, 5.41) is 3.18. The second-order valence-electron chi connectivity index (χ2n) is 3.51. The zero-order chi connectivity index (χ0) is 10.3. The summed E-state index contributed by atoms with van der Waals surface area (Å²) < 4.78 is 0. The molecule has 0 aliphatic carbocycles. The molecule has 0 aliphatic heterocycles. The van der Waals surface area contributed by atoms with Crippen LogP contribution >= 0.6 is 0 Å². The zero-order valence-electron chi connectivity index (χ0n) is 9.26. The van der Waals surface area contributed by atoms with Gasteiger partial charge in [0.25, 0.3) is 0 Å². The first-order valence-corrected chi connectivity index (χ1v) is 5.09. The fraction of sp³-hybridized carbons (Fsp3) is 0.900. The van der Waals surface area contributed by atoms with E-state index in [1.165, 1.54) is 0 Å². The summed E-state index contributed by atoms with van der Waals surface area (Å²) in [5.41, 5.74) is 0. The van der Waals surface area contributed by atoms with Crippen LogP contribution in [0.25, 0.3) is 0 Å². The first-order valence-electron chi connectivity index (χ1n) is 5.09. The molecule has 1 unspecified atom stereocenters. The Hall–Kier alpha value is -0.570. The van der Waals surface area contributed by atoms with Gasteiger partial charge in [0.15, 0.2) is 0 Å². The predicted octanol–water partition coefficient (Wildman–Crippen LogP) is 1.24. The number of hydrogen-bond acceptors (Lipinski definition) is 2. The standard InChI is InChI=1S/C10H22N2O/c1-5-7-12(4)10(13)8-11-9(3)6-2/h9,11H,5-8H2,1-4H3. The van der Waals surface area contributed by atoms with Gasteiger partial charge in [-0.1, -0.05) is 13.8 Å². The maximum absolute atomic E-state index is 11.4. The van der Waals surface area contributed by atoms with E-state index in [9.17, 15) is 4.79 Å². The van der Waals surface area contributed by atoms with Crippen molar-refractivity contribution in [3.05, 3.63) is 0 Å². The van der Waals surface area contributed by atoms with E-state index >= 15 is 0 Å². The molecule has 0 rings (SSSR count). The van der Waals surface area contributed by atoms with Gasteiger partial charge in [0.05, 0.1) is 6.54 Å². The van der Waals surface area contributed by atoms with E-state index in [1.807, 2.05) is 7.05 Å². The van der Waals surface area contributed by atoms with Gasteiger partial charge in [0.1, 0.15) is 0 Å². The van der Waals surface area contributed by atoms with Crippen LogP contribution in [0.1, 0.15) is 33.6 Å². The van der Waals surface area contributed by atoms with Crippen molar-refractivity contribution in [2.45, 2.75) is 39.7 Å². The Balaban J connectivity index is 3.61. The van der Waals surface area contributed by atoms with Gasteiger partial charge in [0.2, 0.25) is 5.91 Å². The molecule has 0 aromatic rings. The lowest BCUT2D eigenvalue weighted by Gasteiger charge is -2.18. The van der Waals surface area contributed by atoms with Crippen LogP contribution in [0.5, 0.6) is 0 Å². The van der Waals surface area contributed by atoms with E-state index in [4.69, 9.17) is 0 Å². The molecular formula is C10H22N2O. The number of hydrogen-bond donors (Lipinski definition) is 1. The van der Waals surface area contributed by atoms with Gasteiger partial charge < -0.3 is 10.2 Å². The molecule has 3 heteroatoms. The normalized spacial score (nSPS) is 12.6. The van der Waals surface area contributed by atoms with E-state index in [2.05, 4.69) is 26.1 Å². The molecule has 0 aromatic carbocycles. The van der Waals surface area contributed by atoms with Crippen LogP contribution < -0.4 is 5.32 Å². The molecule has 0 aliphatic rings. The highest BCUT2D eigenvalue weighted by atomic mass is 16.2. The number of rotatable bonds is 6. The molecule has 3 nitrogen and oxygen atoms in total. The van der Waals surface area contributed by atoms with E-state index in [1.54, 1.807) is 4.90 Å². The summed E-state index contributed by atoms with van der Waals surface area (Å²) in [7, 11) is 1.85. The first-order chi connectivity index (χ1) is 6.11. The Morgan fingerprint density at radius 3 is 2.54 bits per heavy atom. The predicted molar refractivity (Wildman–Crippen MR) is 55.7 cm³/mol. The minimum atomic E-state index is 0.183. The van der Waals surface area contributed by atoms with Crippen molar-refractivity contribution in [3.8, 4) is 0 Å². The maximum atomic E-state index is 11.4. The Labute approximate surface area is 81.5 Å². The lowest BCUT2D eigenvalue weighted by molar-refractivity contribution is -0.129. The van der Waals surface area contributed by atoms with Gasteiger partial charge in [-0.15, -0.1) is 0 Å². The highest BCUT2D eigenvalue weighted by Crippen LogP contribution is 1.90. The van der Waals surface area contributed by atoms with E-state index in [-0.39, 0.29) is 5.91 Å². The van der Waals surface area contributed by atoms with Crippen molar-refractivity contribution in [1.82, 2.24) is 10.2 Å². The highest BCUT2D eigenvalue weighted by Gasteiger charge is 2.07. The highest BCUT2D eigenvalue weighted by molar-refractivity contribution is 5.77. The zero-order valence-corrected chi connectivity index (χ0v) is 9.26. The van der Waals surface area contributed by atoms with Crippen LogP contribution in [0.2, 0.25) is 0 Å². The van der Waals surface area contributed by atoms with Crippen molar-refractivity contribution in [3.63, 3.8) is 0 Å². The summed E-state index contributed by atoms with van der Waals surface area (Å²) in [5.74, 6) is 0.183. The smallest absolute Gasteiger partial charge is 0.236 e. The second kappa shape index (κ2) is 6.89. The Morgan fingerprint density at radius 1 is 1.46 bits per heavy atom. The lowest BCUT2D eigenvalue weighted by Crippen LogP contribution is -2.39. The lowest BCUT2D eigenvalue weighted by atomic mass is 10.2. The van der Waals surface area contributed by atoms with Crippen molar-refractivity contribution in [1.29, 1.82) is 0 Å². The van der Waals surface area contributed by atoms with Crippen molar-refractivity contribution in [2.24, 2.45) is 0 Å². The molecule has 1 atom stereocenters. The number of carbonyl (C=O) groups is 1. The van der Waals surface area contributed by atoms with Crippen LogP contribution in [0.4, 0.5) is 0 Å². The molecule has 0 saturated carbocycles. The monoisotopic (exact) mass is 186 g/mol. The average Bonchev–Trinajstić information content (AvgIpc) is 2.13. The summed E-state index contributed by atoms with van der Waals surface area (Å²) in [6, 6.07) is 0.430. The minimum Gasteiger partial charge on any atom is -0.345 e. The SMILES string of the molecule is CCCN(C)C(=O)CNC(C)CC. The Kier molecular flexibility index (Phi) is 6.59. The third-order valence-electron chi connectivity index (χ3n) is 2.20. The molecule has 1 N–H and O–H groups in total. The van der Waals surface area contributed by atoms with Crippen LogP contribution in [0, 0.1) is 0 Å². The van der Waals surface area contributed by atoms with Crippen molar-refractivity contribution in [2.75, 3.05) is 20.1 Å². The second-order valence-corrected chi connectivity index (χ2v) is 3.51. The summed E-state index contributed by atoms with van der Waals surface area (Å²) in [6.45, 7) is 7.59. The molecule has 0 heterocycles. The number of nitrogens with one attached hydrogen (secondary N) is 1. The van der Waals surface area contributed by atoms with E-state index in [0.29, 0.717) is 12.6 Å². The first kappa shape index (κ1) is 12.4. The third-order valence-corrected chi connectivity index (χ3v) is 2.20. The van der Waals surface area contributed by atoms with Crippen molar-refractivity contribution >= 4 is 5.91 Å². The quantitative estimate of drug-likeness (QED) is 0.677. The van der Waals surface area contributed by atoms with E-state index < -0.39 is 0 Å². The number of nitrogens with zero attached hydrogens (tertiary/aromatic N) is 1. The van der Waals surface area contributed by atoms with Gasteiger partial charge in [-0.2, -0.15) is 0 Å². The molecule has 0 spiro atoms. The Bertz CT molecular complexity index is 148. The van der Waals surface area contributed by atoms with Crippen LogP contribution in [0.15, 0.2) is 0 Å². The number of amides is 1. The molecule has 1 amide bonds. The topological polar surface area (TPSA) is 32.3 Å². The largest absolute Gasteiger partial charge is 0.345 e. The summed E-state index contributed by atoms with van der Waals surface area (Å²) in [6.07, 6.45) is 2.08. The van der Waals surface area contributed by atoms with Crippen molar-refractivity contribution < 1.29 is 4.79 Å². The summed E-state index contributed by atoms with van der Waals surface area (Å²) >= 11 is 0. The molecule has 13 heavy (non-hydrogen) atoms. The molecule has 0 radical (unpaired) electrons. The Morgan fingerprint density at radius 2 is 2.08 bits per heavy atom.